The lowest BCUT2D eigenvalue weighted by molar-refractivity contribution is -0.164. The Balaban J connectivity index is 1.64. The molecule has 9 heteroatoms. The molecule has 248 valence electrons. The second-order valence-electron chi connectivity index (χ2n) is 13.3. The first-order valence-corrected chi connectivity index (χ1v) is 16.3. The average molecular weight is 638 g/mol. The maximum Gasteiger partial charge on any atom is 0.339 e. The van der Waals surface area contributed by atoms with Crippen LogP contribution in [-0.4, -0.2) is 63.6 Å². The Bertz CT molecular complexity index is 1750. The quantitative estimate of drug-likeness (QED) is 0.117. The molecule has 3 aromatic heterocycles. The first-order chi connectivity index (χ1) is 22.5. The Morgan fingerprint density at radius 2 is 1.83 bits per heavy atom. The number of allylic oxidation sites excluding steroid dienone is 1. The Morgan fingerprint density at radius 1 is 1.09 bits per heavy atom. The maximum atomic E-state index is 13.4. The van der Waals surface area contributed by atoms with Crippen LogP contribution in [0.3, 0.4) is 0 Å². The van der Waals surface area contributed by atoms with Crippen LogP contribution in [0.5, 0.6) is 0 Å². The molecule has 9 nitrogen and oxygen atoms in total. The number of aromatic nitrogens is 4. The van der Waals surface area contributed by atoms with Crippen molar-refractivity contribution >= 4 is 17.4 Å². The number of methoxy groups -OCH3 is 1. The van der Waals surface area contributed by atoms with Gasteiger partial charge in [-0.25, -0.2) is 9.78 Å². The van der Waals surface area contributed by atoms with Crippen molar-refractivity contribution in [2.45, 2.75) is 77.6 Å². The zero-order valence-electron chi connectivity index (χ0n) is 28.6. The molecule has 0 saturated carbocycles. The number of nitrogens with zero attached hydrogens (tertiary/aromatic N) is 5. The van der Waals surface area contributed by atoms with E-state index in [2.05, 4.69) is 54.2 Å². The molecule has 1 aromatic carbocycles. The van der Waals surface area contributed by atoms with Crippen LogP contribution in [0.4, 0.5) is 5.82 Å². The summed E-state index contributed by atoms with van der Waals surface area (Å²) in [6.07, 6.45) is 7.80. The van der Waals surface area contributed by atoms with E-state index >= 15 is 0 Å². The van der Waals surface area contributed by atoms with Gasteiger partial charge < -0.3 is 19.1 Å². The summed E-state index contributed by atoms with van der Waals surface area (Å²) < 4.78 is 19.7. The van der Waals surface area contributed by atoms with Crippen LogP contribution in [0.25, 0.3) is 28.0 Å². The standard InChI is InChI=1S/C38H47N5O4/c1-9-11-17-30-29(16-13-20-39-30)27-14-12-15-28(24-27)31-25-32-40-26(3)33(34(36(44)45-8)47-37(4,5)6)35(43(32)41-31)42-21-18-38(7,19-22-42)46-23-10-2/h9-10,12-16,20,24-25,34H,1-2,11,17-19,21-23H2,3-8H3. The van der Waals surface area contributed by atoms with Crippen LogP contribution in [-0.2, 0) is 25.4 Å². The third kappa shape index (κ3) is 7.63. The number of pyridine rings is 1. The van der Waals surface area contributed by atoms with E-state index in [1.54, 1.807) is 6.08 Å². The third-order valence-electron chi connectivity index (χ3n) is 8.57. The van der Waals surface area contributed by atoms with Crippen LogP contribution in [0.2, 0.25) is 0 Å². The van der Waals surface area contributed by atoms with Gasteiger partial charge in [0.05, 0.1) is 36.2 Å². The highest BCUT2D eigenvalue weighted by atomic mass is 16.6. The lowest BCUT2D eigenvalue weighted by Crippen LogP contribution is -2.45. The predicted octanol–water partition coefficient (Wildman–Crippen LogP) is 7.48. The van der Waals surface area contributed by atoms with Gasteiger partial charge in [-0.1, -0.05) is 36.4 Å². The zero-order chi connectivity index (χ0) is 33.8. The van der Waals surface area contributed by atoms with Gasteiger partial charge in [-0.2, -0.15) is 9.61 Å². The van der Waals surface area contributed by atoms with Gasteiger partial charge in [-0.3, -0.25) is 4.98 Å². The van der Waals surface area contributed by atoms with E-state index in [-0.39, 0.29) is 5.60 Å². The van der Waals surface area contributed by atoms with Crippen molar-refractivity contribution in [3.05, 3.63) is 90.9 Å². The molecule has 4 aromatic rings. The summed E-state index contributed by atoms with van der Waals surface area (Å²) >= 11 is 0. The molecule has 1 unspecified atom stereocenters. The number of benzene rings is 1. The van der Waals surface area contributed by atoms with Crippen LogP contribution >= 0.6 is 0 Å². The van der Waals surface area contributed by atoms with E-state index in [9.17, 15) is 4.79 Å². The topological polar surface area (TPSA) is 91.1 Å². The number of ether oxygens (including phenoxy) is 3. The molecule has 1 aliphatic heterocycles. The van der Waals surface area contributed by atoms with Crippen molar-refractivity contribution in [1.82, 2.24) is 19.6 Å². The van der Waals surface area contributed by atoms with Crippen molar-refractivity contribution < 1.29 is 19.0 Å². The second kappa shape index (κ2) is 14.2. The molecule has 0 amide bonds. The second-order valence-corrected chi connectivity index (χ2v) is 13.3. The summed E-state index contributed by atoms with van der Waals surface area (Å²) in [5.74, 6) is 0.296. The molecule has 1 atom stereocenters. The van der Waals surface area contributed by atoms with Crippen molar-refractivity contribution in [2.24, 2.45) is 0 Å². The van der Waals surface area contributed by atoms with Crippen LogP contribution in [0, 0.1) is 6.92 Å². The van der Waals surface area contributed by atoms with Gasteiger partial charge in [-0.05, 0) is 78.0 Å². The first-order valence-electron chi connectivity index (χ1n) is 16.3. The molecule has 5 rings (SSSR count). The summed E-state index contributed by atoms with van der Waals surface area (Å²) in [6, 6.07) is 14.4. The fourth-order valence-electron chi connectivity index (χ4n) is 6.13. The molecule has 0 radical (unpaired) electrons. The molecule has 0 bridgehead atoms. The van der Waals surface area contributed by atoms with Gasteiger partial charge in [0, 0.05) is 47.9 Å². The average Bonchev–Trinajstić information content (AvgIpc) is 3.48. The molecule has 4 heterocycles. The SMILES string of the molecule is C=CCCc1ncccc1-c1cccc(-c2cc3nc(C)c(C(OC(C)(C)C)C(=O)OC)c(N4CCC(C)(OCC=C)CC4)n3n2)c1. The van der Waals surface area contributed by atoms with Gasteiger partial charge in [-0.15, -0.1) is 13.2 Å². The van der Waals surface area contributed by atoms with Crippen molar-refractivity contribution in [3.8, 4) is 22.4 Å². The number of hydrogen-bond acceptors (Lipinski definition) is 8. The smallest absolute Gasteiger partial charge is 0.339 e. The van der Waals surface area contributed by atoms with Gasteiger partial charge in [0.15, 0.2) is 11.8 Å². The number of fused-ring (bicyclic) bond motifs is 1. The molecular weight excluding hydrogens is 590 g/mol. The molecule has 1 aliphatic rings. The highest BCUT2D eigenvalue weighted by molar-refractivity contribution is 5.81. The maximum absolute atomic E-state index is 13.4. The zero-order valence-corrected chi connectivity index (χ0v) is 28.6. The van der Waals surface area contributed by atoms with E-state index in [4.69, 9.17) is 24.3 Å². The number of hydrogen-bond donors (Lipinski definition) is 0. The summed E-state index contributed by atoms with van der Waals surface area (Å²) in [4.78, 5) is 25.3. The number of carbonyl (C=O) groups excluding carboxylic acids is 1. The minimum Gasteiger partial charge on any atom is -0.467 e. The van der Waals surface area contributed by atoms with Crippen LogP contribution in [0.1, 0.15) is 70.0 Å². The highest BCUT2D eigenvalue weighted by Gasteiger charge is 2.38. The number of aryl methyl sites for hydroxylation is 2. The lowest BCUT2D eigenvalue weighted by atomic mass is 9.92. The largest absolute Gasteiger partial charge is 0.467 e. The monoisotopic (exact) mass is 637 g/mol. The van der Waals surface area contributed by atoms with E-state index in [1.165, 1.54) is 7.11 Å². The minimum absolute atomic E-state index is 0.276. The molecular formula is C38H47N5O4. The molecule has 47 heavy (non-hydrogen) atoms. The summed E-state index contributed by atoms with van der Waals surface area (Å²) in [6.45, 7) is 19.4. The van der Waals surface area contributed by atoms with E-state index < -0.39 is 17.7 Å². The van der Waals surface area contributed by atoms with Crippen LogP contribution < -0.4 is 4.90 Å². The molecule has 0 aliphatic carbocycles. The number of carbonyl (C=O) groups is 1. The fourth-order valence-corrected chi connectivity index (χ4v) is 6.13. The molecule has 1 fully saturated rings. The first kappa shape index (κ1) is 34.0. The third-order valence-corrected chi connectivity index (χ3v) is 8.57. The van der Waals surface area contributed by atoms with Crippen molar-refractivity contribution in [3.63, 3.8) is 0 Å². The Hall–Kier alpha value is -4.34. The predicted molar refractivity (Wildman–Crippen MR) is 187 cm³/mol. The van der Waals surface area contributed by atoms with Gasteiger partial charge in [0.1, 0.15) is 5.82 Å². The summed E-state index contributed by atoms with van der Waals surface area (Å²) in [5, 5.41) is 5.15. The highest BCUT2D eigenvalue weighted by Crippen LogP contribution is 2.39. The normalized spacial score (nSPS) is 15.4. The van der Waals surface area contributed by atoms with Gasteiger partial charge >= 0.3 is 5.97 Å². The molecule has 0 N–H and O–H groups in total. The van der Waals surface area contributed by atoms with E-state index in [0.29, 0.717) is 36.6 Å². The Morgan fingerprint density at radius 3 is 2.51 bits per heavy atom. The van der Waals surface area contributed by atoms with Crippen LogP contribution in [0.15, 0.2) is 74.0 Å². The molecule has 0 spiro atoms. The number of esters is 1. The van der Waals surface area contributed by atoms with E-state index in [0.717, 1.165) is 59.6 Å². The van der Waals surface area contributed by atoms with Gasteiger partial charge in [0.25, 0.3) is 0 Å². The Kier molecular flexibility index (Phi) is 10.3. The lowest BCUT2D eigenvalue weighted by Gasteiger charge is -2.41. The fraction of sp³-hybridized carbons (Fsp3) is 0.421. The van der Waals surface area contributed by atoms with Gasteiger partial charge in [0.2, 0.25) is 0 Å². The number of anilines is 1. The number of rotatable bonds is 12. The van der Waals surface area contributed by atoms with Crippen molar-refractivity contribution in [2.75, 3.05) is 31.7 Å². The Labute approximate surface area is 278 Å². The van der Waals surface area contributed by atoms with E-state index in [1.807, 2.05) is 62.7 Å². The molecule has 1 saturated heterocycles. The summed E-state index contributed by atoms with van der Waals surface area (Å²) in [7, 11) is 1.38. The minimum atomic E-state index is -0.993. The number of piperidine rings is 1. The van der Waals surface area contributed by atoms with Crippen molar-refractivity contribution in [1.29, 1.82) is 0 Å². The summed E-state index contributed by atoms with van der Waals surface area (Å²) in [5.41, 5.74) is 6.04.